The molecule has 136 valence electrons. The predicted molar refractivity (Wildman–Crippen MR) is 101 cm³/mol. The van der Waals surface area contributed by atoms with Crippen molar-refractivity contribution < 1.29 is 14.5 Å². The van der Waals surface area contributed by atoms with Gasteiger partial charge in [0.1, 0.15) is 10.9 Å². The molecule has 0 atom stereocenters. The number of nitro benzene ring substituents is 1. The second-order valence-electron chi connectivity index (χ2n) is 5.43. The van der Waals surface area contributed by atoms with Crippen molar-refractivity contribution in [2.75, 3.05) is 7.11 Å². The summed E-state index contributed by atoms with van der Waals surface area (Å²) in [7, 11) is 1.54. The van der Waals surface area contributed by atoms with Gasteiger partial charge in [-0.15, -0.1) is 0 Å². The minimum atomic E-state index is -0.489. The minimum absolute atomic E-state index is 0.0534. The van der Waals surface area contributed by atoms with Gasteiger partial charge in [-0.2, -0.15) is 5.10 Å². The molecule has 0 spiro atoms. The Hall–Kier alpha value is -3.52. The lowest BCUT2D eigenvalue weighted by Crippen LogP contribution is -2.17. The van der Waals surface area contributed by atoms with E-state index in [0.717, 1.165) is 0 Å². The van der Waals surface area contributed by atoms with E-state index in [0.29, 0.717) is 27.8 Å². The van der Waals surface area contributed by atoms with E-state index in [-0.39, 0.29) is 10.8 Å². The van der Waals surface area contributed by atoms with Gasteiger partial charge in [-0.3, -0.25) is 14.9 Å². The number of nitro groups is 1. The number of non-ortho nitro benzene ring substituents is 1. The first kappa shape index (κ1) is 18.3. The standard InChI is InChI=1S/C18H13ClN4O4/c1-27-15-5-2-11(3-6-15)18(24)22-20-10-13-8-12-9-14(23(25)26)4-7-16(12)21-17(13)19/h2-10H,1H3,(H,22,24)/b20-10-. The number of rotatable bonds is 5. The van der Waals surface area contributed by atoms with E-state index in [1.54, 1.807) is 30.3 Å². The highest BCUT2D eigenvalue weighted by atomic mass is 35.5. The number of carbonyl (C=O) groups excluding carboxylic acids is 1. The highest BCUT2D eigenvalue weighted by Gasteiger charge is 2.10. The highest BCUT2D eigenvalue weighted by molar-refractivity contribution is 6.32. The smallest absolute Gasteiger partial charge is 0.271 e. The molecule has 3 rings (SSSR count). The third-order valence-corrected chi connectivity index (χ3v) is 4.01. The Bertz CT molecular complexity index is 1050. The molecular weight excluding hydrogens is 372 g/mol. The van der Waals surface area contributed by atoms with Gasteiger partial charge in [-0.25, -0.2) is 10.4 Å². The van der Waals surface area contributed by atoms with Crippen molar-refractivity contribution in [3.05, 3.63) is 74.9 Å². The lowest BCUT2D eigenvalue weighted by atomic mass is 10.1. The molecular formula is C18H13ClN4O4. The van der Waals surface area contributed by atoms with Crippen molar-refractivity contribution in [3.8, 4) is 5.75 Å². The van der Waals surface area contributed by atoms with Gasteiger partial charge in [0.15, 0.2) is 0 Å². The normalized spacial score (nSPS) is 10.9. The fourth-order valence-electron chi connectivity index (χ4n) is 2.33. The molecule has 27 heavy (non-hydrogen) atoms. The molecule has 0 saturated carbocycles. The van der Waals surface area contributed by atoms with Crippen molar-refractivity contribution >= 4 is 40.3 Å². The maximum Gasteiger partial charge on any atom is 0.271 e. The number of aromatic nitrogens is 1. The van der Waals surface area contributed by atoms with E-state index in [4.69, 9.17) is 16.3 Å². The lowest BCUT2D eigenvalue weighted by molar-refractivity contribution is -0.384. The summed E-state index contributed by atoms with van der Waals surface area (Å²) in [6.07, 6.45) is 1.33. The Balaban J connectivity index is 1.79. The largest absolute Gasteiger partial charge is 0.497 e. The van der Waals surface area contributed by atoms with Gasteiger partial charge in [0.2, 0.25) is 0 Å². The zero-order chi connectivity index (χ0) is 19.4. The Labute approximate surface area is 158 Å². The number of carbonyl (C=O) groups is 1. The molecule has 2 aromatic carbocycles. The number of halogens is 1. The number of methoxy groups -OCH3 is 1. The molecule has 9 heteroatoms. The monoisotopic (exact) mass is 384 g/mol. The van der Waals surface area contributed by atoms with E-state index in [1.165, 1.54) is 31.5 Å². The Morgan fingerprint density at radius 3 is 2.67 bits per heavy atom. The molecule has 0 aliphatic heterocycles. The topological polar surface area (TPSA) is 107 Å². The van der Waals surface area contributed by atoms with Crippen molar-refractivity contribution in [1.29, 1.82) is 0 Å². The summed E-state index contributed by atoms with van der Waals surface area (Å²) in [5.74, 6) is 0.229. The minimum Gasteiger partial charge on any atom is -0.497 e. The summed E-state index contributed by atoms with van der Waals surface area (Å²) in [6.45, 7) is 0. The van der Waals surface area contributed by atoms with E-state index >= 15 is 0 Å². The third kappa shape index (κ3) is 4.18. The van der Waals surface area contributed by atoms with Crippen LogP contribution >= 0.6 is 11.6 Å². The fraction of sp³-hybridized carbons (Fsp3) is 0.0556. The van der Waals surface area contributed by atoms with E-state index in [2.05, 4.69) is 15.5 Å². The first-order chi connectivity index (χ1) is 13.0. The van der Waals surface area contributed by atoms with Gasteiger partial charge in [-0.05, 0) is 36.4 Å². The zero-order valence-electron chi connectivity index (χ0n) is 14.0. The van der Waals surface area contributed by atoms with Crippen LogP contribution in [0.2, 0.25) is 5.15 Å². The lowest BCUT2D eigenvalue weighted by Gasteiger charge is -2.03. The van der Waals surface area contributed by atoms with Crippen LogP contribution in [0.3, 0.4) is 0 Å². The van der Waals surface area contributed by atoms with Crippen LogP contribution in [-0.2, 0) is 0 Å². The average molecular weight is 385 g/mol. The average Bonchev–Trinajstić information content (AvgIpc) is 2.67. The molecule has 0 saturated heterocycles. The highest BCUT2D eigenvalue weighted by Crippen LogP contribution is 2.23. The molecule has 0 aliphatic rings. The van der Waals surface area contributed by atoms with E-state index < -0.39 is 10.8 Å². The molecule has 0 radical (unpaired) electrons. The number of hydrazone groups is 1. The van der Waals surface area contributed by atoms with Crippen LogP contribution in [0.1, 0.15) is 15.9 Å². The molecule has 1 heterocycles. The van der Waals surface area contributed by atoms with Gasteiger partial charge in [0.25, 0.3) is 11.6 Å². The molecule has 3 aromatic rings. The number of amides is 1. The maximum atomic E-state index is 12.1. The van der Waals surface area contributed by atoms with Crippen LogP contribution in [0.25, 0.3) is 10.9 Å². The summed E-state index contributed by atoms with van der Waals surface area (Å²) in [6, 6.07) is 12.4. The number of hydrogen-bond acceptors (Lipinski definition) is 6. The van der Waals surface area contributed by atoms with Crippen molar-refractivity contribution in [2.24, 2.45) is 5.10 Å². The second kappa shape index (κ2) is 7.79. The van der Waals surface area contributed by atoms with Crippen LogP contribution in [-0.4, -0.2) is 29.1 Å². The van der Waals surface area contributed by atoms with Gasteiger partial charge >= 0.3 is 0 Å². The maximum absolute atomic E-state index is 12.1. The van der Waals surface area contributed by atoms with Crippen molar-refractivity contribution in [1.82, 2.24) is 10.4 Å². The predicted octanol–water partition coefficient (Wildman–Crippen LogP) is 3.57. The molecule has 1 amide bonds. The SMILES string of the molecule is COc1ccc(C(=O)N/N=C\c2cc3cc([N+](=O)[O-])ccc3nc2Cl)cc1. The van der Waals surface area contributed by atoms with Crippen LogP contribution < -0.4 is 10.2 Å². The van der Waals surface area contributed by atoms with Gasteiger partial charge < -0.3 is 4.74 Å². The van der Waals surface area contributed by atoms with Crippen LogP contribution in [0, 0.1) is 10.1 Å². The van der Waals surface area contributed by atoms with Gasteiger partial charge in [0.05, 0.1) is 23.8 Å². The Morgan fingerprint density at radius 1 is 1.26 bits per heavy atom. The van der Waals surface area contributed by atoms with Crippen LogP contribution in [0.4, 0.5) is 5.69 Å². The second-order valence-corrected chi connectivity index (χ2v) is 5.79. The number of hydrogen-bond donors (Lipinski definition) is 1. The molecule has 0 bridgehead atoms. The number of benzene rings is 2. The summed E-state index contributed by atoms with van der Waals surface area (Å²) in [5.41, 5.74) is 3.67. The number of pyridine rings is 1. The summed E-state index contributed by atoms with van der Waals surface area (Å²) in [5, 5.41) is 15.5. The van der Waals surface area contributed by atoms with Gasteiger partial charge in [-0.1, -0.05) is 11.6 Å². The third-order valence-electron chi connectivity index (χ3n) is 3.71. The molecule has 8 nitrogen and oxygen atoms in total. The Kier molecular flexibility index (Phi) is 5.28. The number of ether oxygens (including phenoxy) is 1. The molecule has 1 N–H and O–H groups in total. The van der Waals surface area contributed by atoms with Crippen molar-refractivity contribution in [2.45, 2.75) is 0 Å². The first-order valence-corrected chi connectivity index (χ1v) is 8.08. The summed E-state index contributed by atoms with van der Waals surface area (Å²) < 4.78 is 5.03. The molecule has 1 aromatic heterocycles. The number of fused-ring (bicyclic) bond motifs is 1. The molecule has 0 aliphatic carbocycles. The van der Waals surface area contributed by atoms with E-state index in [1.807, 2.05) is 0 Å². The first-order valence-electron chi connectivity index (χ1n) is 7.70. The quantitative estimate of drug-likeness (QED) is 0.313. The summed E-state index contributed by atoms with van der Waals surface area (Å²) in [4.78, 5) is 26.6. The summed E-state index contributed by atoms with van der Waals surface area (Å²) >= 11 is 6.11. The van der Waals surface area contributed by atoms with Gasteiger partial charge in [0, 0.05) is 28.6 Å². The molecule has 0 unspecified atom stereocenters. The van der Waals surface area contributed by atoms with Crippen molar-refractivity contribution in [3.63, 3.8) is 0 Å². The fourth-order valence-corrected chi connectivity index (χ4v) is 2.52. The van der Waals surface area contributed by atoms with Crippen LogP contribution in [0.5, 0.6) is 5.75 Å². The Morgan fingerprint density at radius 2 is 2.00 bits per heavy atom. The zero-order valence-corrected chi connectivity index (χ0v) is 14.8. The number of nitrogens with zero attached hydrogens (tertiary/aromatic N) is 3. The van der Waals surface area contributed by atoms with Crippen LogP contribution in [0.15, 0.2) is 53.6 Å². The number of nitrogens with one attached hydrogen (secondary N) is 1. The van der Waals surface area contributed by atoms with E-state index in [9.17, 15) is 14.9 Å². The molecule has 0 fully saturated rings.